The lowest BCUT2D eigenvalue weighted by atomic mass is 9.84. The average Bonchev–Trinajstić information content (AvgIpc) is 2.60. The van der Waals surface area contributed by atoms with Crippen molar-refractivity contribution in [3.05, 3.63) is 58.9 Å². The highest BCUT2D eigenvalue weighted by atomic mass is 35.5. The maximum atomic E-state index is 13.1. The zero-order valence-corrected chi connectivity index (χ0v) is 17.8. The molecule has 2 aromatic carbocycles. The molecule has 1 fully saturated rings. The van der Waals surface area contributed by atoms with E-state index in [0.717, 1.165) is 43.5 Å². The number of rotatable bonds is 7. The third-order valence-corrected chi connectivity index (χ3v) is 6.51. The normalized spacial score (nSPS) is 14.5. The molecule has 0 heterocycles. The Bertz CT molecular complexity index is 988. The maximum Gasteiger partial charge on any atom is 0.339 e. The van der Waals surface area contributed by atoms with Gasteiger partial charge >= 0.3 is 10.1 Å². The standard InChI is InChI=1S/C21H23ClFNO4S/c1-14(2)24(21(25)15-4-3-5-15)13-16-12-17(22)6-11-20(16)28-29(26,27)19-9-7-18(23)8-10-19/h6-12,14-15H,3-5,13H2,1-2H3. The predicted octanol–water partition coefficient (Wildman–Crippen LogP) is 4.78. The molecule has 29 heavy (non-hydrogen) atoms. The van der Waals surface area contributed by atoms with Crippen LogP contribution in [0.2, 0.25) is 5.02 Å². The van der Waals surface area contributed by atoms with E-state index >= 15 is 0 Å². The van der Waals surface area contributed by atoms with Crippen molar-refractivity contribution in [3.63, 3.8) is 0 Å². The van der Waals surface area contributed by atoms with E-state index in [2.05, 4.69) is 0 Å². The van der Waals surface area contributed by atoms with Crippen molar-refractivity contribution < 1.29 is 21.8 Å². The van der Waals surface area contributed by atoms with Gasteiger partial charge in [0.25, 0.3) is 0 Å². The molecule has 1 aliphatic rings. The third kappa shape index (κ3) is 5.08. The minimum absolute atomic E-state index is 0.0175. The molecule has 5 nitrogen and oxygen atoms in total. The lowest BCUT2D eigenvalue weighted by molar-refractivity contribution is -0.140. The second kappa shape index (κ2) is 8.71. The first-order chi connectivity index (χ1) is 13.7. The van der Waals surface area contributed by atoms with Crippen LogP contribution >= 0.6 is 11.6 Å². The van der Waals surface area contributed by atoms with Crippen molar-refractivity contribution in [2.45, 2.75) is 50.6 Å². The number of halogens is 2. The fourth-order valence-corrected chi connectivity index (χ4v) is 4.27. The van der Waals surface area contributed by atoms with Crippen molar-refractivity contribution in [1.82, 2.24) is 4.90 Å². The summed E-state index contributed by atoms with van der Waals surface area (Å²) in [5.74, 6) is -0.383. The lowest BCUT2D eigenvalue weighted by Crippen LogP contribution is -2.42. The van der Waals surface area contributed by atoms with Crippen molar-refractivity contribution in [1.29, 1.82) is 0 Å². The van der Waals surface area contributed by atoms with E-state index in [-0.39, 0.29) is 35.1 Å². The Morgan fingerprint density at radius 1 is 1.21 bits per heavy atom. The van der Waals surface area contributed by atoms with Gasteiger partial charge in [-0.2, -0.15) is 8.42 Å². The second-order valence-electron chi connectivity index (χ2n) is 7.43. The van der Waals surface area contributed by atoms with E-state index in [9.17, 15) is 17.6 Å². The van der Waals surface area contributed by atoms with Gasteiger partial charge in [-0.1, -0.05) is 18.0 Å². The van der Waals surface area contributed by atoms with Crippen molar-refractivity contribution >= 4 is 27.6 Å². The largest absolute Gasteiger partial charge is 0.379 e. The molecule has 0 spiro atoms. The van der Waals surface area contributed by atoms with Gasteiger partial charge in [0.1, 0.15) is 16.5 Å². The van der Waals surface area contributed by atoms with E-state index in [1.165, 1.54) is 12.1 Å². The van der Waals surface area contributed by atoms with Gasteiger partial charge in [0.15, 0.2) is 0 Å². The van der Waals surface area contributed by atoms with E-state index in [1.807, 2.05) is 13.8 Å². The summed E-state index contributed by atoms with van der Waals surface area (Å²) in [6.45, 7) is 4.01. The summed E-state index contributed by atoms with van der Waals surface area (Å²) in [5.41, 5.74) is 0.490. The van der Waals surface area contributed by atoms with Crippen molar-refractivity contribution in [2.24, 2.45) is 5.92 Å². The number of benzene rings is 2. The minimum Gasteiger partial charge on any atom is -0.379 e. The van der Waals surface area contributed by atoms with Crippen LogP contribution in [-0.4, -0.2) is 25.3 Å². The Labute approximate surface area is 175 Å². The molecule has 1 saturated carbocycles. The Balaban J connectivity index is 1.88. The van der Waals surface area contributed by atoms with Crippen molar-refractivity contribution in [3.8, 4) is 5.75 Å². The van der Waals surface area contributed by atoms with E-state index < -0.39 is 15.9 Å². The molecule has 8 heteroatoms. The van der Waals surface area contributed by atoms with Gasteiger partial charge < -0.3 is 9.08 Å². The van der Waals surface area contributed by atoms with Crippen LogP contribution in [0.25, 0.3) is 0 Å². The quantitative estimate of drug-likeness (QED) is 0.582. The highest BCUT2D eigenvalue weighted by Crippen LogP contribution is 2.32. The summed E-state index contributed by atoms with van der Waals surface area (Å²) in [5, 5.41) is 0.409. The topological polar surface area (TPSA) is 63.7 Å². The molecule has 0 aromatic heterocycles. The van der Waals surface area contributed by atoms with Crippen LogP contribution in [-0.2, 0) is 21.5 Å². The van der Waals surface area contributed by atoms with Crippen LogP contribution in [0.1, 0.15) is 38.7 Å². The maximum absolute atomic E-state index is 13.1. The lowest BCUT2D eigenvalue weighted by Gasteiger charge is -2.34. The molecular formula is C21H23ClFNO4S. The Morgan fingerprint density at radius 3 is 2.41 bits per heavy atom. The van der Waals surface area contributed by atoms with Gasteiger partial charge in [-0.3, -0.25) is 4.79 Å². The SMILES string of the molecule is CC(C)N(Cc1cc(Cl)ccc1OS(=O)(=O)c1ccc(F)cc1)C(=O)C1CCC1. The van der Waals surface area contributed by atoms with E-state index in [0.29, 0.717) is 10.6 Å². The highest BCUT2D eigenvalue weighted by Gasteiger charge is 2.31. The summed E-state index contributed by atoms with van der Waals surface area (Å²) in [6.07, 6.45) is 2.80. The zero-order chi connectivity index (χ0) is 21.2. The van der Waals surface area contributed by atoms with Gasteiger partial charge in [0.2, 0.25) is 5.91 Å². The smallest absolute Gasteiger partial charge is 0.339 e. The molecular weight excluding hydrogens is 417 g/mol. The third-order valence-electron chi connectivity index (χ3n) is 5.03. The van der Waals surface area contributed by atoms with Gasteiger partial charge in [-0.05, 0) is 69.2 Å². The molecule has 0 atom stereocenters. The first-order valence-electron chi connectivity index (χ1n) is 9.46. The van der Waals surface area contributed by atoms with Crippen LogP contribution in [0.4, 0.5) is 4.39 Å². The second-order valence-corrected chi connectivity index (χ2v) is 9.41. The van der Waals surface area contributed by atoms with Crippen LogP contribution in [0.3, 0.4) is 0 Å². The number of carbonyl (C=O) groups excluding carboxylic acids is 1. The molecule has 2 aromatic rings. The van der Waals surface area contributed by atoms with Crippen molar-refractivity contribution in [2.75, 3.05) is 0 Å². The summed E-state index contributed by atoms with van der Waals surface area (Å²) in [6, 6.07) is 8.90. The molecule has 0 aliphatic heterocycles. The number of carbonyl (C=O) groups is 1. The molecule has 3 rings (SSSR count). The predicted molar refractivity (Wildman–Crippen MR) is 109 cm³/mol. The fourth-order valence-electron chi connectivity index (χ4n) is 3.11. The number of hydrogen-bond donors (Lipinski definition) is 0. The van der Waals surface area contributed by atoms with Crippen LogP contribution in [0, 0.1) is 11.7 Å². The number of nitrogens with zero attached hydrogens (tertiary/aromatic N) is 1. The zero-order valence-electron chi connectivity index (χ0n) is 16.3. The number of hydrogen-bond acceptors (Lipinski definition) is 4. The molecule has 0 N–H and O–H groups in total. The van der Waals surface area contributed by atoms with E-state index in [1.54, 1.807) is 11.0 Å². The summed E-state index contributed by atoms with van der Waals surface area (Å²) in [4.78, 5) is 14.4. The van der Waals surface area contributed by atoms with Gasteiger partial charge in [0.05, 0.1) is 0 Å². The molecule has 0 saturated heterocycles. The monoisotopic (exact) mass is 439 g/mol. The highest BCUT2D eigenvalue weighted by molar-refractivity contribution is 7.87. The van der Waals surface area contributed by atoms with Gasteiger partial charge in [-0.25, -0.2) is 4.39 Å². The molecule has 1 aliphatic carbocycles. The Morgan fingerprint density at radius 2 is 1.86 bits per heavy atom. The number of amides is 1. The molecule has 1 amide bonds. The van der Waals surface area contributed by atoms with Gasteiger partial charge in [-0.15, -0.1) is 0 Å². The summed E-state index contributed by atoms with van der Waals surface area (Å²) in [7, 11) is -4.16. The first-order valence-corrected chi connectivity index (χ1v) is 11.2. The summed E-state index contributed by atoms with van der Waals surface area (Å²) < 4.78 is 43.7. The minimum atomic E-state index is -4.16. The first kappa shape index (κ1) is 21.6. The Hall–Kier alpha value is -2.12. The Kier molecular flexibility index (Phi) is 6.49. The summed E-state index contributed by atoms with van der Waals surface area (Å²) >= 11 is 6.12. The van der Waals surface area contributed by atoms with Crippen LogP contribution < -0.4 is 4.18 Å². The molecule has 156 valence electrons. The molecule has 0 unspecified atom stereocenters. The molecule has 0 radical (unpaired) electrons. The van der Waals surface area contributed by atoms with Crippen LogP contribution in [0.15, 0.2) is 47.4 Å². The molecule has 0 bridgehead atoms. The van der Waals surface area contributed by atoms with Gasteiger partial charge in [0, 0.05) is 29.1 Å². The fraction of sp³-hybridized carbons (Fsp3) is 0.381. The van der Waals surface area contributed by atoms with Crippen LogP contribution in [0.5, 0.6) is 5.75 Å². The van der Waals surface area contributed by atoms with E-state index in [4.69, 9.17) is 15.8 Å². The average molecular weight is 440 g/mol.